The van der Waals surface area contributed by atoms with E-state index in [0.717, 1.165) is 31.6 Å². The second-order valence-electron chi connectivity index (χ2n) is 6.15. The highest BCUT2D eigenvalue weighted by Crippen LogP contribution is 2.25. The quantitative estimate of drug-likeness (QED) is 0.860. The van der Waals surface area contributed by atoms with Gasteiger partial charge in [-0.3, -0.25) is 4.90 Å². The largest absolute Gasteiger partial charge is 0.312 e. The van der Waals surface area contributed by atoms with Gasteiger partial charge in [0.05, 0.1) is 0 Å². The maximum Gasteiger partial charge on any atom is 0.0236 e. The minimum atomic E-state index is 0.745. The average molecular weight is 244 g/mol. The Kier molecular flexibility index (Phi) is 3.40. The molecule has 2 unspecified atom stereocenters. The first-order valence-corrected chi connectivity index (χ1v) is 7.28. The Morgan fingerprint density at radius 1 is 1.28 bits per heavy atom. The van der Waals surface area contributed by atoms with E-state index >= 15 is 0 Å². The number of benzene rings is 1. The molecular formula is C16H24N2. The second kappa shape index (κ2) is 5.02. The fraction of sp³-hybridized carbons (Fsp3) is 0.625. The zero-order valence-electron chi connectivity index (χ0n) is 11.6. The van der Waals surface area contributed by atoms with Crippen molar-refractivity contribution in [3.63, 3.8) is 0 Å². The summed E-state index contributed by atoms with van der Waals surface area (Å²) in [5.74, 6) is 0.860. The van der Waals surface area contributed by atoms with E-state index in [1.54, 1.807) is 5.56 Å². The summed E-state index contributed by atoms with van der Waals surface area (Å²) < 4.78 is 0. The predicted octanol–water partition coefficient (Wildman–Crippen LogP) is 2.56. The molecule has 1 saturated heterocycles. The first-order chi connectivity index (χ1) is 8.72. The van der Waals surface area contributed by atoms with Crippen LogP contribution in [0.1, 0.15) is 37.0 Å². The van der Waals surface area contributed by atoms with Crippen molar-refractivity contribution in [1.82, 2.24) is 10.2 Å². The number of rotatable bonds is 2. The Labute approximate surface area is 110 Å². The third-order valence-corrected chi connectivity index (χ3v) is 4.46. The van der Waals surface area contributed by atoms with E-state index < -0.39 is 0 Å². The van der Waals surface area contributed by atoms with Gasteiger partial charge in [0.15, 0.2) is 0 Å². The molecule has 1 aromatic carbocycles. The van der Waals surface area contributed by atoms with Crippen LogP contribution < -0.4 is 5.32 Å². The van der Waals surface area contributed by atoms with Crippen molar-refractivity contribution in [2.45, 2.75) is 45.8 Å². The standard InChI is InChI=1S/C16H24N2/c1-12-7-13(2)18(10-12)11-14-3-4-15-5-6-17-9-16(15)8-14/h3-4,8,12-13,17H,5-7,9-11H2,1-2H3. The highest BCUT2D eigenvalue weighted by molar-refractivity contribution is 5.33. The SMILES string of the molecule is CC1CC(C)N(Cc2ccc3c(c2)CNCC3)C1. The third kappa shape index (κ3) is 2.45. The molecule has 0 bridgehead atoms. The minimum Gasteiger partial charge on any atom is -0.312 e. The van der Waals surface area contributed by atoms with E-state index in [-0.39, 0.29) is 0 Å². The molecule has 98 valence electrons. The first-order valence-electron chi connectivity index (χ1n) is 7.28. The van der Waals surface area contributed by atoms with Crippen LogP contribution in [0.3, 0.4) is 0 Å². The van der Waals surface area contributed by atoms with Crippen molar-refractivity contribution in [2.24, 2.45) is 5.92 Å². The lowest BCUT2D eigenvalue weighted by atomic mass is 9.98. The highest BCUT2D eigenvalue weighted by atomic mass is 15.2. The minimum absolute atomic E-state index is 0.745. The molecule has 2 heterocycles. The molecule has 2 aliphatic heterocycles. The molecule has 0 radical (unpaired) electrons. The first kappa shape index (κ1) is 12.2. The molecule has 0 saturated carbocycles. The van der Waals surface area contributed by atoms with Crippen LogP contribution in [0.2, 0.25) is 0 Å². The van der Waals surface area contributed by atoms with E-state index in [1.165, 1.54) is 30.5 Å². The van der Waals surface area contributed by atoms with E-state index in [4.69, 9.17) is 0 Å². The summed E-state index contributed by atoms with van der Waals surface area (Å²) in [7, 11) is 0. The molecule has 1 N–H and O–H groups in total. The van der Waals surface area contributed by atoms with E-state index in [1.807, 2.05) is 0 Å². The van der Waals surface area contributed by atoms with Gasteiger partial charge in [0, 0.05) is 25.7 Å². The van der Waals surface area contributed by atoms with Gasteiger partial charge >= 0.3 is 0 Å². The van der Waals surface area contributed by atoms with Gasteiger partial charge in [0.2, 0.25) is 0 Å². The molecule has 0 spiro atoms. The van der Waals surface area contributed by atoms with Crippen molar-refractivity contribution >= 4 is 0 Å². The fourth-order valence-electron chi connectivity index (χ4n) is 3.47. The molecule has 1 aromatic rings. The number of fused-ring (bicyclic) bond motifs is 1. The monoisotopic (exact) mass is 244 g/mol. The maximum atomic E-state index is 3.46. The molecule has 1 fully saturated rings. The van der Waals surface area contributed by atoms with Gasteiger partial charge in [-0.15, -0.1) is 0 Å². The zero-order chi connectivity index (χ0) is 12.5. The maximum absolute atomic E-state index is 3.46. The molecule has 2 heteroatoms. The van der Waals surface area contributed by atoms with Crippen molar-refractivity contribution in [1.29, 1.82) is 0 Å². The second-order valence-corrected chi connectivity index (χ2v) is 6.15. The summed E-state index contributed by atoms with van der Waals surface area (Å²) in [5, 5.41) is 3.46. The van der Waals surface area contributed by atoms with Crippen LogP contribution in [0.4, 0.5) is 0 Å². The lowest BCUT2D eigenvalue weighted by Crippen LogP contribution is -2.27. The summed E-state index contributed by atoms with van der Waals surface area (Å²) in [5.41, 5.74) is 4.54. The summed E-state index contributed by atoms with van der Waals surface area (Å²) >= 11 is 0. The normalized spacial score (nSPS) is 28.3. The van der Waals surface area contributed by atoms with Gasteiger partial charge in [-0.1, -0.05) is 25.1 Å². The van der Waals surface area contributed by atoms with Crippen molar-refractivity contribution in [3.8, 4) is 0 Å². The Bertz CT molecular complexity index is 427. The average Bonchev–Trinajstić information content (AvgIpc) is 2.68. The molecule has 0 aliphatic carbocycles. The van der Waals surface area contributed by atoms with Crippen molar-refractivity contribution in [2.75, 3.05) is 13.1 Å². The van der Waals surface area contributed by atoms with Crippen LogP contribution >= 0.6 is 0 Å². The van der Waals surface area contributed by atoms with Crippen LogP contribution in [-0.4, -0.2) is 24.0 Å². The molecule has 2 atom stereocenters. The van der Waals surface area contributed by atoms with Gasteiger partial charge in [-0.25, -0.2) is 0 Å². The smallest absolute Gasteiger partial charge is 0.0236 e. The Morgan fingerprint density at radius 2 is 2.17 bits per heavy atom. The van der Waals surface area contributed by atoms with E-state index in [0.29, 0.717) is 0 Å². The topological polar surface area (TPSA) is 15.3 Å². The lowest BCUT2D eigenvalue weighted by Gasteiger charge is -2.23. The molecular weight excluding hydrogens is 220 g/mol. The third-order valence-electron chi connectivity index (χ3n) is 4.46. The Balaban J connectivity index is 1.73. The van der Waals surface area contributed by atoms with E-state index in [2.05, 4.69) is 42.3 Å². The number of hydrogen-bond donors (Lipinski definition) is 1. The zero-order valence-corrected chi connectivity index (χ0v) is 11.6. The Morgan fingerprint density at radius 3 is 2.94 bits per heavy atom. The number of likely N-dealkylation sites (tertiary alicyclic amines) is 1. The summed E-state index contributed by atoms with van der Waals surface area (Å²) in [6, 6.07) is 7.83. The number of hydrogen-bond acceptors (Lipinski definition) is 2. The summed E-state index contributed by atoms with van der Waals surface area (Å²) in [6.07, 6.45) is 2.54. The lowest BCUT2D eigenvalue weighted by molar-refractivity contribution is 0.256. The number of nitrogens with zero attached hydrogens (tertiary/aromatic N) is 1. The summed E-state index contributed by atoms with van der Waals surface area (Å²) in [4.78, 5) is 2.63. The molecule has 18 heavy (non-hydrogen) atoms. The Hall–Kier alpha value is -0.860. The van der Waals surface area contributed by atoms with Gasteiger partial charge in [-0.05, 0) is 48.9 Å². The summed E-state index contributed by atoms with van der Waals surface area (Å²) in [6.45, 7) is 9.30. The molecule has 0 amide bonds. The van der Waals surface area contributed by atoms with E-state index in [9.17, 15) is 0 Å². The van der Waals surface area contributed by atoms with Crippen molar-refractivity contribution in [3.05, 3.63) is 34.9 Å². The predicted molar refractivity (Wildman–Crippen MR) is 75.5 cm³/mol. The fourth-order valence-corrected chi connectivity index (χ4v) is 3.47. The molecule has 2 aliphatic rings. The van der Waals surface area contributed by atoms with Gasteiger partial charge in [-0.2, -0.15) is 0 Å². The molecule has 3 rings (SSSR count). The molecule has 2 nitrogen and oxygen atoms in total. The van der Waals surface area contributed by atoms with Gasteiger partial charge < -0.3 is 5.32 Å². The van der Waals surface area contributed by atoms with Gasteiger partial charge in [0.25, 0.3) is 0 Å². The van der Waals surface area contributed by atoms with Crippen LogP contribution in [-0.2, 0) is 19.5 Å². The highest BCUT2D eigenvalue weighted by Gasteiger charge is 2.25. The van der Waals surface area contributed by atoms with Gasteiger partial charge in [0.1, 0.15) is 0 Å². The van der Waals surface area contributed by atoms with Crippen LogP contribution in [0.25, 0.3) is 0 Å². The van der Waals surface area contributed by atoms with Crippen LogP contribution in [0, 0.1) is 5.92 Å². The van der Waals surface area contributed by atoms with Crippen molar-refractivity contribution < 1.29 is 0 Å². The number of nitrogens with one attached hydrogen (secondary N) is 1. The van der Waals surface area contributed by atoms with Crippen LogP contribution in [0.5, 0.6) is 0 Å². The molecule has 0 aromatic heterocycles. The van der Waals surface area contributed by atoms with Crippen LogP contribution in [0.15, 0.2) is 18.2 Å².